The maximum absolute atomic E-state index is 12.6. The molecule has 0 saturated heterocycles. The summed E-state index contributed by atoms with van der Waals surface area (Å²) in [5.74, 6) is -2.72. The van der Waals surface area contributed by atoms with E-state index in [9.17, 15) is 31.4 Å². The van der Waals surface area contributed by atoms with Crippen LogP contribution in [0.25, 0.3) is 0 Å². The summed E-state index contributed by atoms with van der Waals surface area (Å²) in [5.41, 5.74) is -5.33. The van der Waals surface area contributed by atoms with Crippen LogP contribution >= 0.6 is 0 Å². The summed E-state index contributed by atoms with van der Waals surface area (Å²) in [6.07, 6.45) is -11.7. The van der Waals surface area contributed by atoms with Crippen molar-refractivity contribution in [2.45, 2.75) is 45.8 Å². The summed E-state index contributed by atoms with van der Waals surface area (Å²) < 4.78 is 85.9. The summed E-state index contributed by atoms with van der Waals surface area (Å²) in [5, 5.41) is 11.9. The van der Waals surface area contributed by atoms with E-state index in [1.54, 1.807) is 19.6 Å². The average molecular weight is 352 g/mol. The molecule has 0 unspecified atom stereocenters. The van der Waals surface area contributed by atoms with Crippen molar-refractivity contribution in [1.82, 2.24) is 0 Å². The Morgan fingerprint density at radius 3 is 1.55 bits per heavy atom. The fraction of sp³-hybridized carbons (Fsp3) is 0.750. The summed E-state index contributed by atoms with van der Waals surface area (Å²) in [6.45, 7) is 6.72. The van der Waals surface area contributed by atoms with E-state index in [4.69, 9.17) is 8.85 Å². The monoisotopic (exact) mass is 352 g/mol. The number of carbonyl (C=O) groups excluding carboxylic acids is 1. The molecule has 0 radical (unpaired) electrons. The molecular formula is C12H18F6O3Si. The lowest BCUT2D eigenvalue weighted by atomic mass is 9.87. The first-order chi connectivity index (χ1) is 9.44. The first-order valence-electron chi connectivity index (χ1n) is 6.11. The van der Waals surface area contributed by atoms with Gasteiger partial charge in [-0.25, -0.2) is 0 Å². The minimum atomic E-state index is -5.83. The Labute approximate surface area is 125 Å². The van der Waals surface area contributed by atoms with Gasteiger partial charge in [-0.2, -0.15) is 26.3 Å². The Morgan fingerprint density at radius 2 is 1.32 bits per heavy atom. The van der Waals surface area contributed by atoms with Crippen LogP contribution in [0.3, 0.4) is 0 Å². The molecule has 0 fully saturated rings. The highest BCUT2D eigenvalue weighted by molar-refractivity contribution is 6.71. The van der Waals surface area contributed by atoms with Gasteiger partial charge in [-0.3, -0.25) is 0 Å². The molecule has 0 atom stereocenters. The van der Waals surface area contributed by atoms with Gasteiger partial charge in [-0.05, 0) is 33.5 Å². The fourth-order valence-corrected chi connectivity index (χ4v) is 2.42. The van der Waals surface area contributed by atoms with Crippen LogP contribution in [-0.2, 0) is 8.85 Å². The Bertz CT molecular complexity index is 453. The fourth-order valence-electron chi connectivity index (χ4n) is 1.53. The molecule has 130 valence electrons. The topological polar surface area (TPSA) is 43.6 Å². The second kappa shape index (κ2) is 6.13. The Balaban J connectivity index is 6.19. The molecule has 0 aliphatic carbocycles. The van der Waals surface area contributed by atoms with Crippen molar-refractivity contribution in [3.05, 3.63) is 11.3 Å². The number of hydrogen-bond donors (Lipinski definition) is 0. The van der Waals surface area contributed by atoms with Gasteiger partial charge in [-0.1, -0.05) is 5.76 Å². The van der Waals surface area contributed by atoms with Crippen LogP contribution in [0.4, 0.5) is 26.3 Å². The Hall–Kier alpha value is -1.19. The van der Waals surface area contributed by atoms with Crippen molar-refractivity contribution in [2.24, 2.45) is 5.41 Å². The SMILES string of the molecule is C[O+]=C(O[Si](C)(C)C)C(C)(C)C([O-])=C(C(F)(F)F)C(F)(F)F. The highest BCUT2D eigenvalue weighted by Crippen LogP contribution is 2.43. The zero-order valence-corrected chi connectivity index (χ0v) is 14.0. The van der Waals surface area contributed by atoms with E-state index in [1.165, 1.54) is 0 Å². The van der Waals surface area contributed by atoms with Gasteiger partial charge in [0.25, 0.3) is 0 Å². The lowest BCUT2D eigenvalue weighted by Gasteiger charge is -2.32. The second-order valence-electron chi connectivity index (χ2n) is 6.03. The molecule has 0 aliphatic heterocycles. The van der Waals surface area contributed by atoms with E-state index >= 15 is 0 Å². The summed E-state index contributed by atoms with van der Waals surface area (Å²) in [6, 6.07) is 0. The van der Waals surface area contributed by atoms with Crippen LogP contribution in [0.5, 0.6) is 0 Å². The highest BCUT2D eigenvalue weighted by Gasteiger charge is 2.55. The van der Waals surface area contributed by atoms with Crippen molar-refractivity contribution in [3.63, 3.8) is 0 Å². The van der Waals surface area contributed by atoms with Crippen molar-refractivity contribution in [3.8, 4) is 0 Å². The first-order valence-corrected chi connectivity index (χ1v) is 9.52. The van der Waals surface area contributed by atoms with Gasteiger partial charge in [0.05, 0.1) is 0 Å². The average Bonchev–Trinajstić information content (AvgIpc) is 2.19. The van der Waals surface area contributed by atoms with Crippen LogP contribution < -0.4 is 5.11 Å². The van der Waals surface area contributed by atoms with Crippen LogP contribution in [0.1, 0.15) is 13.8 Å². The van der Waals surface area contributed by atoms with E-state index in [-0.39, 0.29) is 0 Å². The molecule has 0 saturated carbocycles. The minimum absolute atomic E-state index is 0.567. The third kappa shape index (κ3) is 5.22. The summed E-state index contributed by atoms with van der Waals surface area (Å²) in [7, 11) is -1.39. The molecule has 0 rings (SSSR count). The van der Waals surface area contributed by atoms with Gasteiger partial charge in [0.1, 0.15) is 11.0 Å². The zero-order valence-electron chi connectivity index (χ0n) is 13.0. The molecule has 0 spiro atoms. The number of hydrogen-bond acceptors (Lipinski definition) is 2. The van der Waals surface area contributed by atoms with Crippen molar-refractivity contribution < 1.29 is 40.3 Å². The number of halogens is 6. The van der Waals surface area contributed by atoms with Crippen molar-refractivity contribution in [2.75, 3.05) is 7.11 Å². The van der Waals surface area contributed by atoms with E-state index in [2.05, 4.69) is 0 Å². The third-order valence-corrected chi connectivity index (χ3v) is 3.25. The van der Waals surface area contributed by atoms with Gasteiger partial charge in [-0.15, -0.1) is 0 Å². The van der Waals surface area contributed by atoms with E-state index in [0.717, 1.165) is 21.0 Å². The molecular weight excluding hydrogens is 334 g/mol. The standard InChI is InChI=1S/C12H18F6O3Si/c1-10(2,9(20-3)21-22(4,5)6)8(19)7(11(13,14)15)12(16,17)18/h1-6H3. The molecule has 0 aromatic carbocycles. The largest absolute Gasteiger partial charge is 0.874 e. The molecule has 0 aliphatic rings. The van der Waals surface area contributed by atoms with Crippen molar-refractivity contribution in [1.29, 1.82) is 0 Å². The van der Waals surface area contributed by atoms with Gasteiger partial charge in [0.2, 0.25) is 0 Å². The molecule has 0 N–H and O–H groups in total. The molecule has 10 heteroatoms. The highest BCUT2D eigenvalue weighted by atomic mass is 28.4. The lowest BCUT2D eigenvalue weighted by Crippen LogP contribution is -2.44. The van der Waals surface area contributed by atoms with E-state index in [1.807, 2.05) is 0 Å². The van der Waals surface area contributed by atoms with Crippen LogP contribution in [-0.4, -0.2) is 33.7 Å². The van der Waals surface area contributed by atoms with Gasteiger partial charge in [0.15, 0.2) is 7.11 Å². The molecule has 22 heavy (non-hydrogen) atoms. The van der Waals surface area contributed by atoms with E-state index < -0.39 is 43.4 Å². The number of allylic oxidation sites excluding steroid dienone is 1. The second-order valence-corrected chi connectivity index (χ2v) is 10.5. The predicted octanol–water partition coefficient (Wildman–Crippen LogP) is 3.30. The summed E-state index contributed by atoms with van der Waals surface area (Å²) >= 11 is 0. The van der Waals surface area contributed by atoms with Crippen LogP contribution in [0, 0.1) is 5.41 Å². The lowest BCUT2D eigenvalue weighted by molar-refractivity contribution is -0.437. The minimum Gasteiger partial charge on any atom is -0.874 e. The maximum Gasteiger partial charge on any atom is 0.471 e. The maximum atomic E-state index is 12.6. The molecule has 0 aromatic rings. The van der Waals surface area contributed by atoms with Crippen LogP contribution in [0.15, 0.2) is 11.3 Å². The molecule has 0 amide bonds. The normalized spacial score (nSPS) is 14.8. The molecule has 0 aromatic heterocycles. The van der Waals surface area contributed by atoms with Gasteiger partial charge < -0.3 is 14.0 Å². The smallest absolute Gasteiger partial charge is 0.471 e. The first kappa shape index (κ1) is 20.8. The Morgan fingerprint density at radius 1 is 0.955 bits per heavy atom. The molecule has 3 nitrogen and oxygen atoms in total. The van der Waals surface area contributed by atoms with Crippen LogP contribution in [0.2, 0.25) is 19.6 Å². The van der Waals surface area contributed by atoms with Gasteiger partial charge >= 0.3 is 26.6 Å². The van der Waals surface area contributed by atoms with Gasteiger partial charge in [0, 0.05) is 0 Å². The zero-order chi connectivity index (χ0) is 18.1. The third-order valence-electron chi connectivity index (χ3n) is 2.46. The van der Waals surface area contributed by atoms with E-state index in [0.29, 0.717) is 0 Å². The van der Waals surface area contributed by atoms with Crippen molar-refractivity contribution >= 4 is 14.3 Å². The summed E-state index contributed by atoms with van der Waals surface area (Å²) in [4.78, 5) is 0. The number of alkyl halides is 6. The predicted molar refractivity (Wildman–Crippen MR) is 68.3 cm³/mol. The quantitative estimate of drug-likeness (QED) is 0.339. The molecule has 0 bridgehead atoms. The number of rotatable bonds is 3. The molecule has 0 heterocycles. The Kier molecular flexibility index (Phi) is 5.80.